The molecule has 0 atom stereocenters. The van der Waals surface area contributed by atoms with Crippen molar-refractivity contribution in [3.8, 4) is 67.5 Å². The first-order chi connectivity index (χ1) is 28.0. The zero-order valence-corrected chi connectivity index (χ0v) is 26.6. The van der Waals surface area contributed by atoms with Crippen molar-refractivity contribution in [2.45, 2.75) is 0 Å². The maximum Gasteiger partial charge on any atom is 0.164 e. The minimum absolute atomic E-state index is 0.119. The van der Waals surface area contributed by atoms with E-state index in [0.717, 1.165) is 22.3 Å². The highest BCUT2D eigenvalue weighted by Gasteiger charge is 2.17. The lowest BCUT2D eigenvalue weighted by molar-refractivity contribution is 1.07. The number of hydrogen-bond acceptors (Lipinski definition) is 4. The van der Waals surface area contributed by atoms with Crippen molar-refractivity contribution < 1.29 is 12.3 Å². The van der Waals surface area contributed by atoms with E-state index in [2.05, 4.69) is 30.3 Å². The van der Waals surface area contributed by atoms with Crippen molar-refractivity contribution in [1.82, 2.24) is 15.0 Å². The first kappa shape index (κ1) is 20.9. The predicted octanol–water partition coefficient (Wildman–Crippen LogP) is 12.2. The van der Waals surface area contributed by atoms with Crippen LogP contribution in [0, 0.1) is 0 Å². The highest BCUT2D eigenvalue weighted by atomic mass is 32.1. The molecule has 0 aliphatic carbocycles. The number of thiophene rings is 1. The SMILES string of the molecule is [2H]c1c([2H])c([2H])c(-c2c([2H])c([2H])c(-c3nc(-c4ccc(-c5cccc6sc7ccccc7c56)cc4)nc(-c4ccccc4-c4ccccc4)n3)c([2H])c2[2H])c([2H])c1[2H]. The Balaban J connectivity index is 1.25. The third-order valence-corrected chi connectivity index (χ3v) is 9.48. The summed E-state index contributed by atoms with van der Waals surface area (Å²) in [7, 11) is 0. The van der Waals surface area contributed by atoms with Crippen LogP contribution in [0.2, 0.25) is 0 Å². The van der Waals surface area contributed by atoms with E-state index in [1.165, 1.54) is 20.2 Å². The van der Waals surface area contributed by atoms with Gasteiger partial charge >= 0.3 is 0 Å². The topological polar surface area (TPSA) is 38.7 Å². The fraction of sp³-hybridized carbons (Fsp3) is 0. The van der Waals surface area contributed by atoms with Gasteiger partial charge in [-0.2, -0.15) is 0 Å². The zero-order valence-electron chi connectivity index (χ0n) is 34.8. The Morgan fingerprint density at radius 2 is 0.918 bits per heavy atom. The van der Waals surface area contributed by atoms with E-state index in [1.807, 2.05) is 91.0 Å². The Bertz CT molecular complexity index is 3060. The normalized spacial score (nSPS) is 13.8. The van der Waals surface area contributed by atoms with Crippen molar-refractivity contribution in [1.29, 1.82) is 0 Å². The molecule has 9 aromatic rings. The molecule has 0 aliphatic heterocycles. The van der Waals surface area contributed by atoms with Gasteiger partial charge in [-0.3, -0.25) is 0 Å². The molecule has 0 spiro atoms. The lowest BCUT2D eigenvalue weighted by Gasteiger charge is -2.12. The van der Waals surface area contributed by atoms with Gasteiger partial charge in [0.2, 0.25) is 0 Å². The quantitative estimate of drug-likeness (QED) is 0.179. The summed E-state index contributed by atoms with van der Waals surface area (Å²) in [5.41, 5.74) is 4.03. The van der Waals surface area contributed by atoms with Crippen LogP contribution in [0.25, 0.3) is 87.7 Å². The van der Waals surface area contributed by atoms with E-state index >= 15 is 0 Å². The van der Waals surface area contributed by atoms with Crippen LogP contribution < -0.4 is 0 Å². The van der Waals surface area contributed by atoms with Crippen LogP contribution in [0.15, 0.2) is 176 Å². The van der Waals surface area contributed by atoms with Gasteiger partial charge in [-0.15, -0.1) is 11.3 Å². The molecule has 0 bridgehead atoms. The van der Waals surface area contributed by atoms with Crippen LogP contribution >= 0.6 is 11.3 Å². The second-order valence-electron chi connectivity index (χ2n) is 11.3. The monoisotopic (exact) mass is 652 g/mol. The summed E-state index contributed by atoms with van der Waals surface area (Å²) >= 11 is 1.75. The van der Waals surface area contributed by atoms with Crippen molar-refractivity contribution in [2.24, 2.45) is 0 Å². The van der Waals surface area contributed by atoms with Crippen molar-refractivity contribution in [3.05, 3.63) is 176 Å². The first-order valence-electron chi connectivity index (χ1n) is 20.1. The second-order valence-corrected chi connectivity index (χ2v) is 12.4. The molecule has 9 rings (SSSR count). The molecular weight excluding hydrogens is 615 g/mol. The lowest BCUT2D eigenvalue weighted by atomic mass is 9.98. The van der Waals surface area contributed by atoms with Crippen molar-refractivity contribution in [3.63, 3.8) is 0 Å². The Kier molecular flexibility index (Phi) is 5.29. The van der Waals surface area contributed by atoms with Crippen molar-refractivity contribution >= 4 is 31.5 Å². The van der Waals surface area contributed by atoms with E-state index in [0.29, 0.717) is 11.1 Å². The molecule has 0 saturated carbocycles. The summed E-state index contributed by atoms with van der Waals surface area (Å²) in [4.78, 5) is 14.5. The molecule has 0 fully saturated rings. The number of aromatic nitrogens is 3. The van der Waals surface area contributed by atoms with Crippen LogP contribution in [0.5, 0.6) is 0 Å². The van der Waals surface area contributed by atoms with Crippen LogP contribution in [-0.4, -0.2) is 15.0 Å². The molecule has 0 aliphatic rings. The molecule has 230 valence electrons. The van der Waals surface area contributed by atoms with Crippen LogP contribution in [0.3, 0.4) is 0 Å². The standard InChI is InChI=1S/C45H29N3S/c1-3-12-30(13-4-1)31-22-26-34(27-23-31)43-46-44(48-45(47-43)38-17-8-7-16-36(38)32-14-5-2-6-15-32)35-28-24-33(25-29-35)37-19-11-21-41-42(37)39-18-9-10-20-40(39)49-41/h1-29H/i1D,3D,4D,12D,13D,22D,23D,26D,27D. The maximum absolute atomic E-state index is 9.17. The molecule has 0 radical (unpaired) electrons. The van der Waals surface area contributed by atoms with E-state index in [9.17, 15) is 0 Å². The number of rotatable bonds is 6. The molecule has 0 unspecified atom stereocenters. The van der Waals surface area contributed by atoms with Crippen LogP contribution in [0.4, 0.5) is 0 Å². The van der Waals surface area contributed by atoms with Gasteiger partial charge in [-0.05, 0) is 45.5 Å². The molecule has 2 heterocycles. The number of hydrogen-bond donors (Lipinski definition) is 0. The van der Waals surface area contributed by atoms with E-state index in [-0.39, 0.29) is 23.0 Å². The first-order valence-corrected chi connectivity index (χ1v) is 16.4. The number of benzene rings is 7. The molecule has 4 heteroatoms. The van der Waals surface area contributed by atoms with Gasteiger partial charge < -0.3 is 0 Å². The Morgan fingerprint density at radius 3 is 1.71 bits per heavy atom. The van der Waals surface area contributed by atoms with E-state index < -0.39 is 65.5 Å². The fourth-order valence-electron chi connectivity index (χ4n) is 6.02. The summed E-state index contributed by atoms with van der Waals surface area (Å²) in [5.74, 6) is 0.357. The summed E-state index contributed by atoms with van der Waals surface area (Å²) in [6.45, 7) is 0. The Labute approximate surface area is 301 Å². The molecule has 7 aromatic carbocycles. The molecule has 0 saturated heterocycles. The molecule has 0 N–H and O–H groups in total. The summed E-state index contributed by atoms with van der Waals surface area (Å²) in [6.07, 6.45) is 0. The van der Waals surface area contributed by atoms with Gasteiger partial charge in [0, 0.05) is 36.9 Å². The molecule has 2 aromatic heterocycles. The number of nitrogens with zero attached hydrogens (tertiary/aromatic N) is 3. The largest absolute Gasteiger partial charge is 0.208 e. The predicted molar refractivity (Wildman–Crippen MR) is 205 cm³/mol. The number of fused-ring (bicyclic) bond motifs is 3. The molecule has 49 heavy (non-hydrogen) atoms. The van der Waals surface area contributed by atoms with Crippen LogP contribution in [-0.2, 0) is 0 Å². The van der Waals surface area contributed by atoms with Gasteiger partial charge in [-0.25, -0.2) is 15.0 Å². The summed E-state index contributed by atoms with van der Waals surface area (Å²) < 4.78 is 80.2. The average Bonchev–Trinajstić information content (AvgIpc) is 3.65. The van der Waals surface area contributed by atoms with Gasteiger partial charge in [0.25, 0.3) is 0 Å². The van der Waals surface area contributed by atoms with Crippen LogP contribution in [0.1, 0.15) is 12.3 Å². The molecule has 3 nitrogen and oxygen atoms in total. The highest BCUT2D eigenvalue weighted by molar-refractivity contribution is 7.25. The van der Waals surface area contributed by atoms with Crippen molar-refractivity contribution in [2.75, 3.05) is 0 Å². The summed E-state index contributed by atoms with van der Waals surface area (Å²) in [6, 6.07) is 34.3. The smallest absolute Gasteiger partial charge is 0.164 e. The average molecular weight is 653 g/mol. The maximum atomic E-state index is 9.17. The van der Waals surface area contributed by atoms with Gasteiger partial charge in [-0.1, -0.05) is 164 Å². The lowest BCUT2D eigenvalue weighted by Crippen LogP contribution is -2.01. The van der Waals surface area contributed by atoms with Gasteiger partial charge in [0.15, 0.2) is 17.5 Å². The third-order valence-electron chi connectivity index (χ3n) is 8.34. The zero-order chi connectivity index (χ0) is 40.4. The second kappa shape index (κ2) is 12.4. The third kappa shape index (κ3) is 5.48. The fourth-order valence-corrected chi connectivity index (χ4v) is 7.16. The molecule has 0 amide bonds. The molecular formula is C45H29N3S. The highest BCUT2D eigenvalue weighted by Crippen LogP contribution is 2.40. The Morgan fingerprint density at radius 1 is 0.367 bits per heavy atom. The van der Waals surface area contributed by atoms with E-state index in [1.54, 1.807) is 11.3 Å². The minimum atomic E-state index is -0.646. The summed E-state index contributed by atoms with van der Waals surface area (Å²) in [5, 5.41) is 2.36. The van der Waals surface area contributed by atoms with Gasteiger partial charge in [0.1, 0.15) is 0 Å². The minimum Gasteiger partial charge on any atom is -0.208 e. The Hall–Kier alpha value is -6.23. The van der Waals surface area contributed by atoms with E-state index in [4.69, 9.17) is 27.3 Å². The van der Waals surface area contributed by atoms with Gasteiger partial charge in [0.05, 0.1) is 12.3 Å².